The lowest BCUT2D eigenvalue weighted by atomic mass is 10.2. The van der Waals surface area contributed by atoms with Gasteiger partial charge in [0.05, 0.1) is 5.69 Å². The second-order valence-corrected chi connectivity index (χ2v) is 6.44. The first-order valence-corrected chi connectivity index (χ1v) is 8.24. The Bertz CT molecular complexity index is 949. The summed E-state index contributed by atoms with van der Waals surface area (Å²) in [6.45, 7) is 2.13. The van der Waals surface area contributed by atoms with Gasteiger partial charge in [-0.15, -0.1) is 0 Å². The number of phenols is 1. The molecule has 0 aliphatic heterocycles. The summed E-state index contributed by atoms with van der Waals surface area (Å²) < 4.78 is 9.27. The molecule has 0 unspecified atom stereocenters. The number of hydrogen-bond donors (Lipinski definition) is 1. The van der Waals surface area contributed by atoms with Crippen LogP contribution in [0.2, 0.25) is 0 Å². The van der Waals surface area contributed by atoms with E-state index in [0.717, 1.165) is 14.7 Å². The Morgan fingerprint density at radius 1 is 1.25 bits per heavy atom. The normalized spacial score (nSPS) is 10.8. The van der Waals surface area contributed by atoms with Crippen molar-refractivity contribution in [3.8, 4) is 17.2 Å². The predicted octanol–water partition coefficient (Wildman–Crippen LogP) is 2.16. The van der Waals surface area contributed by atoms with Gasteiger partial charge in [-0.3, -0.25) is 0 Å². The van der Waals surface area contributed by atoms with Crippen molar-refractivity contribution < 1.29 is 9.84 Å². The molecule has 0 aliphatic rings. The zero-order valence-corrected chi connectivity index (χ0v) is 15.3. The third kappa shape index (κ3) is 3.14. The van der Waals surface area contributed by atoms with E-state index >= 15 is 0 Å². The van der Waals surface area contributed by atoms with Crippen molar-refractivity contribution in [2.45, 2.75) is 13.5 Å². The average Bonchev–Trinajstić information content (AvgIpc) is 2.87. The topological polar surface area (TPSA) is 82.2 Å². The smallest absolute Gasteiger partial charge is 0.368 e. The summed E-state index contributed by atoms with van der Waals surface area (Å²) in [4.78, 5) is 12.1. The van der Waals surface area contributed by atoms with Gasteiger partial charge in [-0.1, -0.05) is 6.07 Å². The minimum atomic E-state index is -0.320. The first-order valence-electron chi connectivity index (χ1n) is 7.16. The molecule has 8 heteroatoms. The lowest BCUT2D eigenvalue weighted by molar-refractivity contribution is 0.302. The Kier molecular flexibility index (Phi) is 4.56. The fraction of sp³-hybridized carbons (Fsp3) is 0.188. The van der Waals surface area contributed by atoms with Crippen LogP contribution < -0.4 is 10.4 Å². The third-order valence-corrected chi connectivity index (χ3v) is 4.59. The molecule has 7 nitrogen and oxygen atoms in total. The molecule has 124 valence electrons. The molecule has 1 aromatic heterocycles. The number of halogens is 1. The molecule has 3 rings (SSSR count). The van der Waals surface area contributed by atoms with Gasteiger partial charge in [0.2, 0.25) is 0 Å². The van der Waals surface area contributed by atoms with E-state index in [1.165, 1.54) is 9.36 Å². The van der Waals surface area contributed by atoms with Crippen LogP contribution in [-0.4, -0.2) is 24.9 Å². The number of ether oxygens (including phenoxy) is 1. The summed E-state index contributed by atoms with van der Waals surface area (Å²) in [6, 6.07) is 10.5. The number of rotatable bonds is 4. The molecule has 24 heavy (non-hydrogen) atoms. The van der Waals surface area contributed by atoms with E-state index in [-0.39, 0.29) is 18.0 Å². The summed E-state index contributed by atoms with van der Waals surface area (Å²) in [6.07, 6.45) is 0. The fourth-order valence-corrected chi connectivity index (χ4v) is 2.94. The molecular weight excluding hydrogens is 423 g/mol. The van der Waals surface area contributed by atoms with Crippen LogP contribution in [0.1, 0.15) is 11.1 Å². The molecule has 0 aliphatic carbocycles. The van der Waals surface area contributed by atoms with E-state index in [9.17, 15) is 9.90 Å². The van der Waals surface area contributed by atoms with E-state index in [0.29, 0.717) is 11.4 Å². The van der Waals surface area contributed by atoms with Gasteiger partial charge in [0.1, 0.15) is 18.1 Å². The van der Waals surface area contributed by atoms with Crippen LogP contribution in [0.25, 0.3) is 5.69 Å². The lowest BCUT2D eigenvalue weighted by Crippen LogP contribution is -2.23. The largest absolute Gasteiger partial charge is 0.508 e. The lowest BCUT2D eigenvalue weighted by Gasteiger charge is -2.13. The molecule has 0 saturated carbocycles. The Labute approximate surface area is 151 Å². The average molecular weight is 438 g/mol. The number of aromatic hydroxyl groups is 1. The quantitative estimate of drug-likeness (QED) is 0.632. The number of phenolic OH excluding ortho intramolecular Hbond substituents is 1. The number of aryl methyl sites for hydroxylation is 2. The van der Waals surface area contributed by atoms with Gasteiger partial charge in [0, 0.05) is 16.2 Å². The zero-order valence-electron chi connectivity index (χ0n) is 13.1. The van der Waals surface area contributed by atoms with E-state index in [4.69, 9.17) is 4.74 Å². The van der Waals surface area contributed by atoms with Gasteiger partial charge >= 0.3 is 5.69 Å². The minimum Gasteiger partial charge on any atom is -0.508 e. The Hall–Kier alpha value is -2.36. The molecule has 0 radical (unpaired) electrons. The van der Waals surface area contributed by atoms with Gasteiger partial charge in [0.15, 0.2) is 0 Å². The van der Waals surface area contributed by atoms with Crippen LogP contribution in [0.4, 0.5) is 0 Å². The second-order valence-electron chi connectivity index (χ2n) is 5.27. The number of nitrogens with zero attached hydrogens (tertiary/aromatic N) is 4. The molecule has 1 heterocycles. The van der Waals surface area contributed by atoms with E-state index in [1.54, 1.807) is 31.3 Å². The monoisotopic (exact) mass is 438 g/mol. The van der Waals surface area contributed by atoms with Gasteiger partial charge in [-0.2, -0.15) is 9.36 Å². The highest BCUT2D eigenvalue weighted by Gasteiger charge is 2.14. The zero-order chi connectivity index (χ0) is 17.3. The Morgan fingerprint density at radius 2 is 2.04 bits per heavy atom. The van der Waals surface area contributed by atoms with E-state index in [1.807, 2.05) is 19.1 Å². The van der Waals surface area contributed by atoms with Crippen LogP contribution in [0.15, 0.2) is 41.2 Å². The Balaban J connectivity index is 1.96. The molecule has 3 aromatic rings. The van der Waals surface area contributed by atoms with Crippen molar-refractivity contribution in [1.29, 1.82) is 0 Å². The maximum atomic E-state index is 12.1. The molecule has 0 amide bonds. The van der Waals surface area contributed by atoms with Crippen molar-refractivity contribution in [2.75, 3.05) is 0 Å². The number of benzene rings is 2. The maximum absolute atomic E-state index is 12.1. The van der Waals surface area contributed by atoms with Gasteiger partial charge in [-0.05, 0) is 75.8 Å². The summed E-state index contributed by atoms with van der Waals surface area (Å²) in [7, 11) is 1.55. The second kappa shape index (κ2) is 6.63. The van der Waals surface area contributed by atoms with Gasteiger partial charge < -0.3 is 9.84 Å². The van der Waals surface area contributed by atoms with Crippen molar-refractivity contribution in [2.24, 2.45) is 7.05 Å². The molecule has 0 spiro atoms. The fourth-order valence-electron chi connectivity index (χ4n) is 2.30. The molecule has 0 atom stereocenters. The first kappa shape index (κ1) is 16.5. The summed E-state index contributed by atoms with van der Waals surface area (Å²) in [5.74, 6) is 0.867. The van der Waals surface area contributed by atoms with Crippen LogP contribution in [0, 0.1) is 10.5 Å². The van der Waals surface area contributed by atoms with E-state index in [2.05, 4.69) is 33.0 Å². The number of hydrogen-bond acceptors (Lipinski definition) is 5. The predicted molar refractivity (Wildman–Crippen MR) is 96.5 cm³/mol. The highest BCUT2D eigenvalue weighted by molar-refractivity contribution is 14.1. The standard InChI is InChI=1S/C16H15IN4O3/c1-10-8-11(22)6-7-15(10)24-9-12-13(17)4-3-5-14(12)21-16(23)20(2)18-19-21/h3-8,22H,9H2,1-2H3. The van der Waals surface area contributed by atoms with Crippen molar-refractivity contribution in [3.63, 3.8) is 0 Å². The van der Waals surface area contributed by atoms with Crippen LogP contribution in [0.3, 0.4) is 0 Å². The highest BCUT2D eigenvalue weighted by Crippen LogP contribution is 2.26. The van der Waals surface area contributed by atoms with Crippen LogP contribution in [-0.2, 0) is 13.7 Å². The van der Waals surface area contributed by atoms with Gasteiger partial charge in [-0.25, -0.2) is 4.79 Å². The highest BCUT2D eigenvalue weighted by atomic mass is 127. The Morgan fingerprint density at radius 3 is 2.71 bits per heavy atom. The maximum Gasteiger partial charge on any atom is 0.368 e. The molecule has 0 fully saturated rings. The van der Waals surface area contributed by atoms with Crippen molar-refractivity contribution in [3.05, 3.63) is 61.6 Å². The summed E-state index contributed by atoms with van der Waals surface area (Å²) in [5.41, 5.74) is 1.99. The molecule has 0 bridgehead atoms. The molecule has 0 saturated heterocycles. The first-order chi connectivity index (χ1) is 11.5. The SMILES string of the molecule is Cc1cc(O)ccc1OCc1c(I)cccc1-n1nnn(C)c1=O. The number of aromatic nitrogens is 4. The number of tetrazole rings is 1. The van der Waals surface area contributed by atoms with Crippen LogP contribution >= 0.6 is 22.6 Å². The van der Waals surface area contributed by atoms with Gasteiger partial charge in [0.25, 0.3) is 0 Å². The summed E-state index contributed by atoms with van der Waals surface area (Å²) in [5, 5.41) is 17.1. The van der Waals surface area contributed by atoms with Crippen LogP contribution in [0.5, 0.6) is 11.5 Å². The van der Waals surface area contributed by atoms with Crippen molar-refractivity contribution >= 4 is 22.6 Å². The summed E-state index contributed by atoms with van der Waals surface area (Å²) >= 11 is 2.20. The molecular formula is C16H15IN4O3. The molecule has 2 aromatic carbocycles. The van der Waals surface area contributed by atoms with E-state index < -0.39 is 0 Å². The van der Waals surface area contributed by atoms with Crippen molar-refractivity contribution in [1.82, 2.24) is 19.8 Å². The molecule has 1 N–H and O–H groups in total. The third-order valence-electron chi connectivity index (χ3n) is 3.57. The minimum absolute atomic E-state index is 0.195.